The number of primary sulfonamides is 1. The molecule has 1 unspecified atom stereocenters. The minimum Gasteiger partial charge on any atom is -0.444 e. The van der Waals surface area contributed by atoms with Crippen LogP contribution in [0.4, 0.5) is 4.79 Å². The average molecular weight is 412 g/mol. The van der Waals surface area contributed by atoms with E-state index in [2.05, 4.69) is 5.32 Å². The van der Waals surface area contributed by atoms with Crippen LogP contribution in [0.15, 0.2) is 29.2 Å². The second-order valence-electron chi connectivity index (χ2n) is 7.99. The van der Waals surface area contributed by atoms with Crippen molar-refractivity contribution in [3.8, 4) is 0 Å². The van der Waals surface area contributed by atoms with Crippen molar-refractivity contribution in [2.75, 3.05) is 13.1 Å². The number of ether oxygens (including phenoxy) is 1. The molecule has 8 nitrogen and oxygen atoms in total. The fraction of sp³-hybridized carbons (Fsp3) is 0.579. The van der Waals surface area contributed by atoms with Crippen LogP contribution in [0.3, 0.4) is 0 Å². The second-order valence-corrected chi connectivity index (χ2v) is 9.55. The SMILES string of the molecule is CC(C)(C)OC(=O)NCC1CCCCN1C(=O)Cc1ccc(S(N)(=O)=O)cc1. The van der Waals surface area contributed by atoms with Crippen LogP contribution < -0.4 is 10.5 Å². The first-order valence-corrected chi connectivity index (χ1v) is 10.9. The second kappa shape index (κ2) is 8.91. The third-order valence-corrected chi connectivity index (χ3v) is 5.36. The zero-order valence-electron chi connectivity index (χ0n) is 16.6. The Morgan fingerprint density at radius 3 is 2.43 bits per heavy atom. The number of likely N-dealkylation sites (tertiary alicyclic amines) is 1. The topological polar surface area (TPSA) is 119 Å². The number of rotatable bonds is 5. The smallest absolute Gasteiger partial charge is 0.407 e. The van der Waals surface area contributed by atoms with Gasteiger partial charge in [-0.15, -0.1) is 0 Å². The highest BCUT2D eigenvalue weighted by Gasteiger charge is 2.27. The molecule has 156 valence electrons. The van der Waals surface area contributed by atoms with Gasteiger partial charge < -0.3 is 15.0 Å². The molecule has 0 aliphatic carbocycles. The lowest BCUT2D eigenvalue weighted by Gasteiger charge is -2.36. The molecule has 28 heavy (non-hydrogen) atoms. The molecular formula is C19H29N3O5S. The summed E-state index contributed by atoms with van der Waals surface area (Å²) in [6.45, 7) is 6.36. The highest BCUT2D eigenvalue weighted by molar-refractivity contribution is 7.89. The number of piperidine rings is 1. The van der Waals surface area contributed by atoms with Gasteiger partial charge in [-0.25, -0.2) is 18.4 Å². The van der Waals surface area contributed by atoms with Crippen molar-refractivity contribution in [3.63, 3.8) is 0 Å². The van der Waals surface area contributed by atoms with Crippen molar-refractivity contribution in [3.05, 3.63) is 29.8 Å². The van der Waals surface area contributed by atoms with Gasteiger partial charge in [0.1, 0.15) is 5.60 Å². The number of hydrogen-bond donors (Lipinski definition) is 2. The minimum absolute atomic E-state index is 0.0149. The molecule has 1 aliphatic heterocycles. The molecule has 3 N–H and O–H groups in total. The predicted molar refractivity (Wildman–Crippen MR) is 105 cm³/mol. The summed E-state index contributed by atoms with van der Waals surface area (Å²) < 4.78 is 27.9. The monoisotopic (exact) mass is 411 g/mol. The standard InChI is InChI=1S/C19H29N3O5S/c1-19(2,3)27-18(24)21-13-15-6-4-5-11-22(15)17(23)12-14-7-9-16(10-8-14)28(20,25)26/h7-10,15H,4-6,11-13H2,1-3H3,(H,21,24)(H2,20,25,26). The van der Waals surface area contributed by atoms with Gasteiger partial charge >= 0.3 is 6.09 Å². The first-order valence-electron chi connectivity index (χ1n) is 9.34. The van der Waals surface area contributed by atoms with E-state index in [1.807, 2.05) is 0 Å². The van der Waals surface area contributed by atoms with Crippen LogP contribution in [0.1, 0.15) is 45.6 Å². The Bertz CT molecular complexity index is 800. The fourth-order valence-electron chi connectivity index (χ4n) is 3.13. The number of alkyl carbamates (subject to hydrolysis) is 1. The molecule has 0 saturated carbocycles. The maximum absolute atomic E-state index is 12.8. The minimum atomic E-state index is -3.75. The molecule has 0 spiro atoms. The Morgan fingerprint density at radius 2 is 1.86 bits per heavy atom. The van der Waals surface area contributed by atoms with Gasteiger partial charge in [-0.1, -0.05) is 12.1 Å². The molecule has 0 bridgehead atoms. The first-order chi connectivity index (χ1) is 13.0. The van der Waals surface area contributed by atoms with Crippen LogP contribution in [0.5, 0.6) is 0 Å². The van der Waals surface area contributed by atoms with E-state index in [9.17, 15) is 18.0 Å². The Morgan fingerprint density at radius 1 is 1.21 bits per heavy atom. The van der Waals surface area contributed by atoms with E-state index in [0.29, 0.717) is 18.7 Å². The Balaban J connectivity index is 1.97. The van der Waals surface area contributed by atoms with Gasteiger partial charge in [-0.3, -0.25) is 4.79 Å². The molecule has 0 aromatic heterocycles. The molecule has 0 radical (unpaired) electrons. The van der Waals surface area contributed by atoms with Gasteiger partial charge in [-0.2, -0.15) is 0 Å². The van der Waals surface area contributed by atoms with E-state index in [1.165, 1.54) is 12.1 Å². The van der Waals surface area contributed by atoms with Gasteiger partial charge in [0, 0.05) is 19.1 Å². The first kappa shape index (κ1) is 22.2. The van der Waals surface area contributed by atoms with Crippen LogP contribution in [0.2, 0.25) is 0 Å². The van der Waals surface area contributed by atoms with Crippen molar-refractivity contribution in [2.45, 2.75) is 63.0 Å². The number of nitrogens with zero attached hydrogens (tertiary/aromatic N) is 1. The Hall–Kier alpha value is -2.13. The number of carbonyl (C=O) groups excluding carboxylic acids is 2. The zero-order chi connectivity index (χ0) is 20.9. The molecule has 9 heteroatoms. The van der Waals surface area contributed by atoms with Crippen LogP contribution in [0.25, 0.3) is 0 Å². The summed E-state index contributed by atoms with van der Waals surface area (Å²) in [5.74, 6) is -0.0564. The Labute approximate surface area is 166 Å². The highest BCUT2D eigenvalue weighted by Crippen LogP contribution is 2.19. The molecule has 2 rings (SSSR count). The van der Waals surface area contributed by atoms with Crippen molar-refractivity contribution in [1.29, 1.82) is 0 Å². The van der Waals surface area contributed by atoms with Crippen molar-refractivity contribution >= 4 is 22.0 Å². The van der Waals surface area contributed by atoms with Crippen LogP contribution in [-0.4, -0.2) is 50.1 Å². The number of benzene rings is 1. The number of hydrogen-bond acceptors (Lipinski definition) is 5. The summed E-state index contributed by atoms with van der Waals surface area (Å²) in [7, 11) is -3.75. The van der Waals surface area contributed by atoms with E-state index in [-0.39, 0.29) is 23.3 Å². The lowest BCUT2D eigenvalue weighted by Crippen LogP contribution is -2.50. The summed E-state index contributed by atoms with van der Waals surface area (Å²) in [4.78, 5) is 26.5. The van der Waals surface area contributed by atoms with E-state index in [0.717, 1.165) is 19.3 Å². The largest absolute Gasteiger partial charge is 0.444 e. The summed E-state index contributed by atoms with van der Waals surface area (Å²) in [6, 6.07) is 5.90. The van der Waals surface area contributed by atoms with E-state index in [1.54, 1.807) is 37.8 Å². The highest BCUT2D eigenvalue weighted by atomic mass is 32.2. The summed E-state index contributed by atoms with van der Waals surface area (Å²) in [5.41, 5.74) is 0.136. The van der Waals surface area contributed by atoms with Gasteiger partial charge in [0.2, 0.25) is 15.9 Å². The predicted octanol–water partition coefficient (Wildman–Crippen LogP) is 1.78. The van der Waals surface area contributed by atoms with Crippen molar-refractivity contribution in [1.82, 2.24) is 10.2 Å². The van der Waals surface area contributed by atoms with Crippen LogP contribution in [-0.2, 0) is 26.0 Å². The molecule has 1 heterocycles. The van der Waals surface area contributed by atoms with Crippen LogP contribution in [0, 0.1) is 0 Å². The van der Waals surface area contributed by atoms with Gasteiger partial charge in [0.15, 0.2) is 0 Å². The maximum atomic E-state index is 12.8. The molecule has 1 aromatic rings. The number of carbonyl (C=O) groups is 2. The number of amides is 2. The molecule has 1 aliphatic rings. The fourth-order valence-corrected chi connectivity index (χ4v) is 3.65. The third-order valence-electron chi connectivity index (χ3n) is 4.44. The van der Waals surface area contributed by atoms with E-state index >= 15 is 0 Å². The zero-order valence-corrected chi connectivity index (χ0v) is 17.4. The molecule has 1 saturated heterocycles. The molecule has 1 fully saturated rings. The summed E-state index contributed by atoms with van der Waals surface area (Å²) in [6.07, 6.45) is 2.38. The van der Waals surface area contributed by atoms with Crippen molar-refractivity contribution < 1.29 is 22.7 Å². The average Bonchev–Trinajstić information content (AvgIpc) is 2.58. The maximum Gasteiger partial charge on any atom is 0.407 e. The number of nitrogens with two attached hydrogens (primary N) is 1. The van der Waals surface area contributed by atoms with Crippen molar-refractivity contribution in [2.24, 2.45) is 5.14 Å². The molecule has 1 atom stereocenters. The number of sulfonamides is 1. The van der Waals surface area contributed by atoms with Gasteiger partial charge in [0.25, 0.3) is 0 Å². The van der Waals surface area contributed by atoms with E-state index < -0.39 is 21.7 Å². The number of nitrogens with one attached hydrogen (secondary N) is 1. The Kier molecular flexibility index (Phi) is 7.06. The quantitative estimate of drug-likeness (QED) is 0.765. The van der Waals surface area contributed by atoms with Crippen LogP contribution >= 0.6 is 0 Å². The lowest BCUT2D eigenvalue weighted by molar-refractivity contribution is -0.134. The normalized spacial score (nSPS) is 17.9. The van der Waals surface area contributed by atoms with Gasteiger partial charge in [0.05, 0.1) is 11.3 Å². The lowest BCUT2D eigenvalue weighted by atomic mass is 10.0. The third kappa shape index (κ3) is 6.79. The molecular weight excluding hydrogens is 382 g/mol. The summed E-state index contributed by atoms with van der Waals surface area (Å²) in [5, 5.41) is 7.84. The van der Waals surface area contributed by atoms with Gasteiger partial charge in [-0.05, 0) is 57.7 Å². The molecule has 2 amide bonds. The summed E-state index contributed by atoms with van der Waals surface area (Å²) >= 11 is 0. The molecule has 1 aromatic carbocycles. The van der Waals surface area contributed by atoms with E-state index in [4.69, 9.17) is 9.88 Å².